The summed E-state index contributed by atoms with van der Waals surface area (Å²) in [7, 11) is 0. The number of amides is 1. The second-order valence-electron chi connectivity index (χ2n) is 6.03. The van der Waals surface area contributed by atoms with Crippen LogP contribution in [0.3, 0.4) is 0 Å². The maximum Gasteiger partial charge on any atom is 0.243 e. The van der Waals surface area contributed by atoms with E-state index in [4.69, 9.17) is 10.00 Å². The quantitative estimate of drug-likeness (QED) is 0.855. The van der Waals surface area contributed by atoms with Crippen LogP contribution in [0.4, 0.5) is 0 Å². The number of ether oxygens (including phenoxy) is 1. The summed E-state index contributed by atoms with van der Waals surface area (Å²) in [6.07, 6.45) is 1.68. The Bertz CT molecular complexity index is 690. The number of rotatable bonds is 1. The molecule has 0 radical (unpaired) electrons. The van der Waals surface area contributed by atoms with Gasteiger partial charge in [-0.1, -0.05) is 0 Å². The fraction of sp³-hybridized carbons (Fsp3) is 0.438. The third kappa shape index (κ3) is 2.24. The Labute approximate surface area is 128 Å². The molecule has 2 atom stereocenters. The van der Waals surface area contributed by atoms with Gasteiger partial charge in [-0.2, -0.15) is 10.4 Å². The molecule has 6 nitrogen and oxygen atoms in total. The zero-order valence-corrected chi connectivity index (χ0v) is 12.5. The summed E-state index contributed by atoms with van der Waals surface area (Å²) in [4.78, 5) is 12.2. The molecule has 1 amide bonds. The number of benzene rings is 1. The van der Waals surface area contributed by atoms with Gasteiger partial charge in [0.15, 0.2) is 0 Å². The molecule has 6 heteroatoms. The van der Waals surface area contributed by atoms with Crippen molar-refractivity contribution in [1.82, 2.24) is 5.01 Å². The van der Waals surface area contributed by atoms with Crippen LogP contribution in [0.2, 0.25) is 0 Å². The van der Waals surface area contributed by atoms with Gasteiger partial charge < -0.3 is 9.84 Å². The van der Waals surface area contributed by atoms with Crippen molar-refractivity contribution in [1.29, 1.82) is 5.26 Å². The summed E-state index contributed by atoms with van der Waals surface area (Å²) in [6, 6.07) is 6.42. The number of nitrogens with zero attached hydrogens (tertiary/aromatic N) is 3. The molecule has 0 unspecified atom stereocenters. The van der Waals surface area contributed by atoms with Gasteiger partial charge in [-0.25, -0.2) is 5.01 Å². The van der Waals surface area contributed by atoms with Crippen molar-refractivity contribution in [2.75, 3.05) is 0 Å². The number of carbonyl (C=O) groups is 1. The van der Waals surface area contributed by atoms with Crippen LogP contribution >= 0.6 is 0 Å². The van der Waals surface area contributed by atoms with Crippen LogP contribution < -0.4 is 4.74 Å². The number of hydrogen-bond acceptors (Lipinski definition) is 5. The van der Waals surface area contributed by atoms with E-state index in [0.717, 1.165) is 0 Å². The minimum Gasteiger partial charge on any atom is -0.485 e. The molecule has 0 bridgehead atoms. The smallest absolute Gasteiger partial charge is 0.243 e. The van der Waals surface area contributed by atoms with E-state index in [1.54, 1.807) is 38.3 Å². The van der Waals surface area contributed by atoms with Crippen molar-refractivity contribution in [2.24, 2.45) is 5.10 Å². The Balaban J connectivity index is 2.15. The maximum absolute atomic E-state index is 12.2. The van der Waals surface area contributed by atoms with Gasteiger partial charge in [0.1, 0.15) is 23.5 Å². The normalized spacial score (nSPS) is 26.1. The summed E-state index contributed by atoms with van der Waals surface area (Å²) >= 11 is 0. The van der Waals surface area contributed by atoms with Crippen LogP contribution in [0.15, 0.2) is 23.3 Å². The van der Waals surface area contributed by atoms with Crippen LogP contribution in [-0.4, -0.2) is 33.9 Å². The molecular weight excluding hydrogens is 282 g/mol. The number of hydrogen-bond donors (Lipinski definition) is 1. The van der Waals surface area contributed by atoms with Gasteiger partial charge in [-0.15, -0.1) is 0 Å². The molecule has 3 rings (SSSR count). The molecule has 22 heavy (non-hydrogen) atoms. The first kappa shape index (κ1) is 14.5. The van der Waals surface area contributed by atoms with Crippen molar-refractivity contribution in [3.63, 3.8) is 0 Å². The standard InChI is InChI=1S/C16H17N3O3/c1-16(2)15(21)14(19-13(20)4-3-7-18-19)11-8-10(9-17)5-6-12(11)22-16/h5-8,14-15,21H,3-4H2,1-2H3/t14-,15+/m1/s1. The van der Waals surface area contributed by atoms with Crippen molar-refractivity contribution in [2.45, 2.75) is 44.4 Å². The molecule has 0 fully saturated rings. The molecule has 0 saturated carbocycles. The lowest BCUT2D eigenvalue weighted by atomic mass is 9.85. The first-order valence-corrected chi connectivity index (χ1v) is 7.19. The number of aliphatic hydroxyl groups excluding tert-OH is 1. The molecule has 1 N–H and O–H groups in total. The van der Waals surface area contributed by atoms with Crippen LogP contribution in [0.5, 0.6) is 5.75 Å². The lowest BCUT2D eigenvalue weighted by Crippen LogP contribution is -2.54. The van der Waals surface area contributed by atoms with Gasteiger partial charge in [0.2, 0.25) is 5.91 Å². The number of nitriles is 1. The minimum atomic E-state index is -0.951. The highest BCUT2D eigenvalue weighted by molar-refractivity contribution is 5.82. The van der Waals surface area contributed by atoms with E-state index in [2.05, 4.69) is 11.2 Å². The predicted octanol–water partition coefficient (Wildman–Crippen LogP) is 1.74. The Kier molecular flexibility index (Phi) is 3.38. The Morgan fingerprint density at radius 2 is 2.27 bits per heavy atom. The Morgan fingerprint density at radius 3 is 2.95 bits per heavy atom. The third-order valence-electron chi connectivity index (χ3n) is 4.05. The van der Waals surface area contributed by atoms with E-state index in [0.29, 0.717) is 29.7 Å². The predicted molar refractivity (Wildman–Crippen MR) is 79.2 cm³/mol. The van der Waals surface area contributed by atoms with Gasteiger partial charge in [-0.05, 0) is 38.5 Å². The second-order valence-corrected chi connectivity index (χ2v) is 6.03. The van der Waals surface area contributed by atoms with Crippen molar-refractivity contribution >= 4 is 12.1 Å². The highest BCUT2D eigenvalue weighted by Gasteiger charge is 2.47. The van der Waals surface area contributed by atoms with Gasteiger partial charge in [0.05, 0.1) is 11.6 Å². The first-order valence-electron chi connectivity index (χ1n) is 7.19. The second kappa shape index (κ2) is 5.11. The SMILES string of the molecule is CC1(C)Oc2ccc(C#N)cc2[C@@H](N2N=CCCC2=O)[C@@H]1O. The van der Waals surface area contributed by atoms with E-state index in [9.17, 15) is 9.90 Å². The minimum absolute atomic E-state index is 0.141. The molecule has 0 saturated heterocycles. The molecule has 2 aliphatic heterocycles. The fourth-order valence-electron chi connectivity index (χ4n) is 2.84. The van der Waals surface area contributed by atoms with Crippen molar-refractivity contribution in [3.05, 3.63) is 29.3 Å². The molecular formula is C16H17N3O3. The average Bonchev–Trinajstić information content (AvgIpc) is 2.49. The van der Waals surface area contributed by atoms with Gasteiger partial charge in [-0.3, -0.25) is 4.79 Å². The van der Waals surface area contributed by atoms with E-state index in [1.807, 2.05) is 0 Å². The molecule has 1 aromatic rings. The first-order chi connectivity index (χ1) is 10.4. The van der Waals surface area contributed by atoms with Crippen molar-refractivity contribution < 1.29 is 14.6 Å². The summed E-state index contributed by atoms with van der Waals surface area (Å²) in [5.41, 5.74) is 0.199. The molecule has 0 aliphatic carbocycles. The lowest BCUT2D eigenvalue weighted by Gasteiger charge is -2.45. The van der Waals surface area contributed by atoms with Crippen LogP contribution in [0, 0.1) is 11.3 Å². The molecule has 0 aromatic heterocycles. The maximum atomic E-state index is 12.2. The molecule has 0 spiro atoms. The summed E-state index contributed by atoms with van der Waals surface area (Å²) < 4.78 is 5.84. The third-order valence-corrected chi connectivity index (χ3v) is 4.05. The lowest BCUT2D eigenvalue weighted by molar-refractivity contribution is -0.145. The van der Waals surface area contributed by atoms with Crippen molar-refractivity contribution in [3.8, 4) is 11.8 Å². The van der Waals surface area contributed by atoms with E-state index in [1.165, 1.54) is 5.01 Å². The topological polar surface area (TPSA) is 85.9 Å². The van der Waals surface area contributed by atoms with Gasteiger partial charge in [0.25, 0.3) is 0 Å². The van der Waals surface area contributed by atoms with Gasteiger partial charge in [0, 0.05) is 18.2 Å². The molecule has 2 heterocycles. The van der Waals surface area contributed by atoms with Crippen LogP contribution in [-0.2, 0) is 4.79 Å². The number of fused-ring (bicyclic) bond motifs is 1. The molecule has 2 aliphatic rings. The highest BCUT2D eigenvalue weighted by atomic mass is 16.5. The highest BCUT2D eigenvalue weighted by Crippen LogP contribution is 2.43. The Hall–Kier alpha value is -2.39. The molecule has 1 aromatic carbocycles. The molecule has 114 valence electrons. The average molecular weight is 299 g/mol. The monoisotopic (exact) mass is 299 g/mol. The summed E-state index contributed by atoms with van der Waals surface area (Å²) in [5, 5.41) is 25.3. The zero-order valence-electron chi connectivity index (χ0n) is 12.5. The number of carbonyl (C=O) groups excluding carboxylic acids is 1. The number of hydrazone groups is 1. The Morgan fingerprint density at radius 1 is 1.50 bits per heavy atom. The van der Waals surface area contributed by atoms with E-state index >= 15 is 0 Å². The van der Waals surface area contributed by atoms with Crippen LogP contribution in [0.1, 0.15) is 43.9 Å². The van der Waals surface area contributed by atoms with Gasteiger partial charge >= 0.3 is 0 Å². The zero-order chi connectivity index (χ0) is 15.9. The van der Waals surface area contributed by atoms with E-state index in [-0.39, 0.29) is 5.91 Å². The van der Waals surface area contributed by atoms with Crippen LogP contribution in [0.25, 0.3) is 0 Å². The fourth-order valence-corrected chi connectivity index (χ4v) is 2.84. The summed E-state index contributed by atoms with van der Waals surface area (Å²) in [5.74, 6) is 0.422. The summed E-state index contributed by atoms with van der Waals surface area (Å²) in [6.45, 7) is 3.54. The van der Waals surface area contributed by atoms with E-state index < -0.39 is 17.7 Å². The largest absolute Gasteiger partial charge is 0.485 e. The number of aliphatic hydroxyl groups is 1.